The second-order valence-electron chi connectivity index (χ2n) is 8.44. The fourth-order valence-electron chi connectivity index (χ4n) is 4.70. The highest BCUT2D eigenvalue weighted by atomic mass is 127. The summed E-state index contributed by atoms with van der Waals surface area (Å²) >= 11 is 0. The van der Waals surface area contributed by atoms with Crippen LogP contribution in [0.25, 0.3) is 11.5 Å². The molecule has 2 aliphatic rings. The molecule has 0 amide bonds. The van der Waals surface area contributed by atoms with Crippen molar-refractivity contribution in [2.75, 3.05) is 39.4 Å². The van der Waals surface area contributed by atoms with Crippen LogP contribution in [0.5, 0.6) is 0 Å². The lowest BCUT2D eigenvalue weighted by Gasteiger charge is -2.48. The Morgan fingerprint density at radius 3 is 2.56 bits per heavy atom. The lowest BCUT2D eigenvalue weighted by molar-refractivity contribution is -0.0352. The normalized spacial score (nSPS) is 19.2. The molecule has 4 rings (SSSR count). The first-order valence-electron chi connectivity index (χ1n) is 11.6. The van der Waals surface area contributed by atoms with Gasteiger partial charge in [0.05, 0.1) is 19.8 Å². The Labute approximate surface area is 208 Å². The Bertz CT molecular complexity index is 830. The molecule has 1 aromatic carbocycles. The standard InChI is InChI=1S/C24H35N5O2.HI/c1-2-25-23(26-17-21-18-31-22(28-21)20-9-5-3-6-10-20)27-19-24(11-7-4-8-12-24)29-13-15-30-16-14-29;/h3,5-6,9-10,18H,2,4,7-8,11-17,19H2,1H3,(H2,25,26,27);1H. The van der Waals surface area contributed by atoms with Crippen LogP contribution in [0.15, 0.2) is 46.0 Å². The monoisotopic (exact) mass is 553 g/mol. The molecule has 1 aliphatic carbocycles. The highest BCUT2D eigenvalue weighted by molar-refractivity contribution is 14.0. The average Bonchev–Trinajstić information content (AvgIpc) is 3.32. The van der Waals surface area contributed by atoms with Gasteiger partial charge in [0.25, 0.3) is 0 Å². The van der Waals surface area contributed by atoms with Crippen LogP contribution in [0, 0.1) is 0 Å². The molecule has 1 saturated carbocycles. The van der Waals surface area contributed by atoms with Crippen LogP contribution >= 0.6 is 24.0 Å². The molecule has 7 nitrogen and oxygen atoms in total. The molecule has 32 heavy (non-hydrogen) atoms. The van der Waals surface area contributed by atoms with Crippen molar-refractivity contribution in [3.63, 3.8) is 0 Å². The molecule has 1 saturated heterocycles. The van der Waals surface area contributed by atoms with E-state index < -0.39 is 0 Å². The molecule has 2 aromatic rings. The summed E-state index contributed by atoms with van der Waals surface area (Å²) in [5, 5.41) is 7.02. The zero-order chi connectivity index (χ0) is 21.4. The summed E-state index contributed by atoms with van der Waals surface area (Å²) in [7, 11) is 0. The highest BCUT2D eigenvalue weighted by Gasteiger charge is 2.38. The maximum Gasteiger partial charge on any atom is 0.226 e. The van der Waals surface area contributed by atoms with Gasteiger partial charge in [-0.2, -0.15) is 0 Å². The van der Waals surface area contributed by atoms with Crippen LogP contribution < -0.4 is 10.6 Å². The second-order valence-corrected chi connectivity index (χ2v) is 8.44. The van der Waals surface area contributed by atoms with E-state index >= 15 is 0 Å². The molecular weight excluding hydrogens is 517 g/mol. The minimum atomic E-state index is 0. The third-order valence-electron chi connectivity index (χ3n) is 6.37. The Hall–Kier alpha value is -1.65. The number of halogens is 1. The Kier molecular flexibility index (Phi) is 9.80. The third kappa shape index (κ3) is 6.45. The first-order chi connectivity index (χ1) is 15.3. The lowest BCUT2D eigenvalue weighted by atomic mass is 9.80. The van der Waals surface area contributed by atoms with E-state index in [0.717, 1.165) is 56.6 Å². The molecule has 0 atom stereocenters. The number of nitrogens with zero attached hydrogens (tertiary/aromatic N) is 3. The summed E-state index contributed by atoms with van der Waals surface area (Å²) in [4.78, 5) is 12.0. The van der Waals surface area contributed by atoms with Gasteiger partial charge in [-0.15, -0.1) is 24.0 Å². The van der Waals surface area contributed by atoms with Gasteiger partial charge >= 0.3 is 0 Å². The SMILES string of the molecule is CCNC(=NCc1coc(-c2ccccc2)n1)NCC1(N2CCOCC2)CCCCC1.I. The van der Waals surface area contributed by atoms with Crippen molar-refractivity contribution in [1.29, 1.82) is 0 Å². The van der Waals surface area contributed by atoms with Gasteiger partial charge in [0.1, 0.15) is 12.0 Å². The lowest BCUT2D eigenvalue weighted by Crippen LogP contribution is -2.60. The van der Waals surface area contributed by atoms with E-state index in [1.807, 2.05) is 30.3 Å². The fourth-order valence-corrected chi connectivity index (χ4v) is 4.70. The molecule has 176 valence electrons. The number of aliphatic imine (C=N–C) groups is 1. The predicted molar refractivity (Wildman–Crippen MR) is 138 cm³/mol. The van der Waals surface area contributed by atoms with Crippen LogP contribution in [0.3, 0.4) is 0 Å². The number of benzene rings is 1. The first-order valence-corrected chi connectivity index (χ1v) is 11.6. The minimum Gasteiger partial charge on any atom is -0.444 e. The van der Waals surface area contributed by atoms with E-state index in [1.54, 1.807) is 6.26 Å². The van der Waals surface area contributed by atoms with Crippen LogP contribution in [-0.4, -0.2) is 60.8 Å². The number of guanidine groups is 1. The van der Waals surface area contributed by atoms with Gasteiger partial charge in [-0.3, -0.25) is 4.90 Å². The van der Waals surface area contributed by atoms with Crippen molar-refractivity contribution in [3.05, 3.63) is 42.3 Å². The molecule has 2 fully saturated rings. The summed E-state index contributed by atoms with van der Waals surface area (Å²) in [6.45, 7) is 8.04. The molecule has 1 aromatic heterocycles. The van der Waals surface area contributed by atoms with Gasteiger partial charge in [0.2, 0.25) is 5.89 Å². The van der Waals surface area contributed by atoms with Gasteiger partial charge in [0.15, 0.2) is 5.96 Å². The van der Waals surface area contributed by atoms with E-state index in [4.69, 9.17) is 14.1 Å². The third-order valence-corrected chi connectivity index (χ3v) is 6.37. The molecule has 0 radical (unpaired) electrons. The van der Waals surface area contributed by atoms with Gasteiger partial charge in [-0.1, -0.05) is 37.5 Å². The van der Waals surface area contributed by atoms with E-state index in [2.05, 4.69) is 27.4 Å². The van der Waals surface area contributed by atoms with Gasteiger partial charge in [-0.05, 0) is 31.9 Å². The molecule has 0 unspecified atom stereocenters. The number of nitrogens with one attached hydrogen (secondary N) is 2. The van der Waals surface area contributed by atoms with Gasteiger partial charge in [-0.25, -0.2) is 9.98 Å². The van der Waals surface area contributed by atoms with Crippen molar-refractivity contribution in [2.24, 2.45) is 4.99 Å². The van der Waals surface area contributed by atoms with E-state index in [1.165, 1.54) is 32.1 Å². The molecule has 0 bridgehead atoms. The maximum atomic E-state index is 5.65. The summed E-state index contributed by atoms with van der Waals surface area (Å²) in [5.74, 6) is 1.47. The van der Waals surface area contributed by atoms with Gasteiger partial charge in [0, 0.05) is 37.3 Å². The number of oxazole rings is 1. The number of aromatic nitrogens is 1. The molecule has 8 heteroatoms. The van der Waals surface area contributed by atoms with Crippen molar-refractivity contribution in [3.8, 4) is 11.5 Å². The van der Waals surface area contributed by atoms with Crippen LogP contribution in [0.2, 0.25) is 0 Å². The summed E-state index contributed by atoms with van der Waals surface area (Å²) in [6.07, 6.45) is 8.12. The molecule has 1 aliphatic heterocycles. The number of hydrogen-bond acceptors (Lipinski definition) is 5. The average molecular weight is 553 g/mol. The number of morpholine rings is 1. The Morgan fingerprint density at radius 1 is 1.09 bits per heavy atom. The van der Waals surface area contributed by atoms with E-state index in [-0.39, 0.29) is 29.5 Å². The number of rotatable bonds is 7. The highest BCUT2D eigenvalue weighted by Crippen LogP contribution is 2.33. The van der Waals surface area contributed by atoms with Crippen molar-refractivity contribution in [2.45, 2.75) is 51.1 Å². The topological polar surface area (TPSA) is 74.9 Å². The quantitative estimate of drug-likeness (QED) is 0.306. The Balaban J connectivity index is 0.00000289. The Morgan fingerprint density at radius 2 is 1.84 bits per heavy atom. The van der Waals surface area contributed by atoms with Crippen molar-refractivity contribution in [1.82, 2.24) is 20.5 Å². The van der Waals surface area contributed by atoms with Gasteiger partial charge < -0.3 is 19.8 Å². The minimum absolute atomic E-state index is 0. The summed E-state index contributed by atoms with van der Waals surface area (Å²) in [6, 6.07) is 9.96. The number of hydrogen-bond donors (Lipinski definition) is 2. The second kappa shape index (κ2) is 12.6. The fraction of sp³-hybridized carbons (Fsp3) is 0.583. The first kappa shape index (κ1) is 25.0. The van der Waals surface area contributed by atoms with Crippen molar-refractivity contribution >= 4 is 29.9 Å². The van der Waals surface area contributed by atoms with E-state index in [9.17, 15) is 0 Å². The van der Waals surface area contributed by atoms with Crippen LogP contribution in [-0.2, 0) is 11.3 Å². The summed E-state index contributed by atoms with van der Waals surface area (Å²) < 4.78 is 11.3. The zero-order valence-electron chi connectivity index (χ0n) is 19.0. The maximum absolute atomic E-state index is 5.65. The molecular formula is C24H36IN5O2. The largest absolute Gasteiger partial charge is 0.444 e. The predicted octanol–water partition coefficient (Wildman–Crippen LogP) is 4.05. The van der Waals surface area contributed by atoms with Crippen LogP contribution in [0.4, 0.5) is 0 Å². The van der Waals surface area contributed by atoms with Crippen LogP contribution in [0.1, 0.15) is 44.7 Å². The molecule has 2 heterocycles. The number of ether oxygens (including phenoxy) is 1. The van der Waals surface area contributed by atoms with Crippen molar-refractivity contribution < 1.29 is 9.15 Å². The van der Waals surface area contributed by atoms with E-state index in [0.29, 0.717) is 12.4 Å². The summed E-state index contributed by atoms with van der Waals surface area (Å²) in [5.41, 5.74) is 2.01. The zero-order valence-corrected chi connectivity index (χ0v) is 21.3. The molecule has 0 spiro atoms. The smallest absolute Gasteiger partial charge is 0.226 e. The molecule has 2 N–H and O–H groups in total.